The zero-order valence-electron chi connectivity index (χ0n) is 15.2. The normalized spacial score (nSPS) is 10.3. The van der Waals surface area contributed by atoms with E-state index in [9.17, 15) is 19.5 Å². The van der Waals surface area contributed by atoms with Crippen LogP contribution in [0.15, 0.2) is 18.2 Å². The highest BCUT2D eigenvalue weighted by atomic mass is 16.4. The van der Waals surface area contributed by atoms with Gasteiger partial charge < -0.3 is 20.8 Å². The lowest BCUT2D eigenvalue weighted by Gasteiger charge is -2.10. The molecule has 0 saturated carbocycles. The highest BCUT2D eigenvalue weighted by Gasteiger charge is 2.12. The molecule has 0 aromatic heterocycles. The number of nitrogens with one attached hydrogen (secondary N) is 2. The monoisotopic (exact) mass is 364 g/mol. The molecule has 0 spiro atoms. The topological polar surface area (TPSA) is 116 Å². The molecule has 7 heteroatoms. The van der Waals surface area contributed by atoms with Crippen LogP contribution in [0.2, 0.25) is 0 Å². The summed E-state index contributed by atoms with van der Waals surface area (Å²) in [7, 11) is 0. The first-order valence-corrected chi connectivity index (χ1v) is 9.02. The van der Waals surface area contributed by atoms with Gasteiger partial charge in [-0.1, -0.05) is 32.3 Å². The molecule has 0 aliphatic carbocycles. The fraction of sp³-hybridized carbons (Fsp3) is 0.526. The maximum atomic E-state index is 12.2. The molecule has 0 fully saturated rings. The van der Waals surface area contributed by atoms with Crippen molar-refractivity contribution in [2.24, 2.45) is 0 Å². The maximum absolute atomic E-state index is 12.2. The third kappa shape index (κ3) is 8.50. The van der Waals surface area contributed by atoms with Crippen LogP contribution < -0.4 is 10.6 Å². The van der Waals surface area contributed by atoms with Gasteiger partial charge in [-0.05, 0) is 30.5 Å². The fourth-order valence-electron chi connectivity index (χ4n) is 2.43. The third-order valence-electron chi connectivity index (χ3n) is 3.97. The van der Waals surface area contributed by atoms with Crippen molar-refractivity contribution in [3.8, 4) is 5.75 Å². The number of unbranched alkanes of at least 4 members (excludes halogenated alkanes) is 4. The Bertz CT molecular complexity index is 616. The summed E-state index contributed by atoms with van der Waals surface area (Å²) >= 11 is 0. The highest BCUT2D eigenvalue weighted by Crippen LogP contribution is 2.18. The molecule has 1 aromatic rings. The van der Waals surface area contributed by atoms with Crippen molar-refractivity contribution in [2.45, 2.75) is 58.4 Å². The second-order valence-electron chi connectivity index (χ2n) is 6.15. The highest BCUT2D eigenvalue weighted by molar-refractivity contribution is 5.97. The summed E-state index contributed by atoms with van der Waals surface area (Å²) in [6.45, 7) is 2.56. The van der Waals surface area contributed by atoms with E-state index in [1.54, 1.807) is 19.1 Å². The Morgan fingerprint density at radius 1 is 1.00 bits per heavy atom. The minimum absolute atomic E-state index is 0.0765. The number of phenolic OH excluding ortho intramolecular Hbond substituents is 1. The van der Waals surface area contributed by atoms with Crippen molar-refractivity contribution in [1.82, 2.24) is 10.6 Å². The van der Waals surface area contributed by atoms with Gasteiger partial charge in [0, 0.05) is 25.9 Å². The summed E-state index contributed by atoms with van der Waals surface area (Å²) in [5, 5.41) is 23.9. The first kappa shape index (κ1) is 21.5. The Labute approximate surface area is 153 Å². The molecule has 4 N–H and O–H groups in total. The SMILES string of the molecule is CCC(=O)NCc1ccc(O)c(C(=O)NCCCCCCCC(=O)O)c1. The van der Waals surface area contributed by atoms with Gasteiger partial charge in [-0.3, -0.25) is 14.4 Å². The predicted molar refractivity (Wildman–Crippen MR) is 97.9 cm³/mol. The van der Waals surface area contributed by atoms with Crippen molar-refractivity contribution in [1.29, 1.82) is 0 Å². The summed E-state index contributed by atoms with van der Waals surface area (Å²) in [6.07, 6.45) is 4.78. The molecule has 1 rings (SSSR count). The maximum Gasteiger partial charge on any atom is 0.303 e. The minimum atomic E-state index is -0.770. The molecule has 144 valence electrons. The molecule has 0 aliphatic heterocycles. The lowest BCUT2D eigenvalue weighted by atomic mass is 10.1. The van der Waals surface area contributed by atoms with E-state index in [1.165, 1.54) is 6.07 Å². The number of rotatable bonds is 12. The van der Waals surface area contributed by atoms with Gasteiger partial charge in [0.15, 0.2) is 0 Å². The van der Waals surface area contributed by atoms with E-state index >= 15 is 0 Å². The number of aromatic hydroxyl groups is 1. The van der Waals surface area contributed by atoms with Crippen molar-refractivity contribution in [3.63, 3.8) is 0 Å². The van der Waals surface area contributed by atoms with Gasteiger partial charge in [0.1, 0.15) is 5.75 Å². The van der Waals surface area contributed by atoms with Crippen LogP contribution in [-0.2, 0) is 16.1 Å². The number of aliphatic carboxylic acids is 1. The van der Waals surface area contributed by atoms with E-state index in [2.05, 4.69) is 10.6 Å². The number of benzene rings is 1. The average Bonchev–Trinajstić information content (AvgIpc) is 2.62. The zero-order chi connectivity index (χ0) is 19.4. The Morgan fingerprint density at radius 2 is 1.69 bits per heavy atom. The van der Waals surface area contributed by atoms with Gasteiger partial charge >= 0.3 is 5.97 Å². The Morgan fingerprint density at radius 3 is 2.38 bits per heavy atom. The number of carboxylic acids is 1. The van der Waals surface area contributed by atoms with Crippen LogP contribution in [0.1, 0.15) is 67.8 Å². The van der Waals surface area contributed by atoms with E-state index < -0.39 is 5.97 Å². The molecular formula is C19H28N2O5. The van der Waals surface area contributed by atoms with Crippen LogP contribution in [0, 0.1) is 0 Å². The van der Waals surface area contributed by atoms with Gasteiger partial charge in [0.05, 0.1) is 5.56 Å². The van der Waals surface area contributed by atoms with Gasteiger partial charge in [-0.2, -0.15) is 0 Å². The summed E-state index contributed by atoms with van der Waals surface area (Å²) in [5.74, 6) is -1.29. The molecule has 7 nitrogen and oxygen atoms in total. The predicted octanol–water partition coefficient (Wildman–Crippen LogP) is 2.57. The molecule has 0 aliphatic rings. The smallest absolute Gasteiger partial charge is 0.303 e. The van der Waals surface area contributed by atoms with Gasteiger partial charge in [-0.25, -0.2) is 0 Å². The van der Waals surface area contributed by atoms with Crippen LogP contribution in [0.5, 0.6) is 5.75 Å². The van der Waals surface area contributed by atoms with E-state index in [1.807, 2.05) is 0 Å². The number of carbonyl (C=O) groups is 3. The van der Waals surface area contributed by atoms with E-state index in [0.29, 0.717) is 25.9 Å². The molecule has 2 amide bonds. The van der Waals surface area contributed by atoms with Crippen molar-refractivity contribution in [2.75, 3.05) is 6.54 Å². The number of amides is 2. The zero-order valence-corrected chi connectivity index (χ0v) is 15.2. The van der Waals surface area contributed by atoms with Crippen molar-refractivity contribution >= 4 is 17.8 Å². The molecule has 0 heterocycles. The summed E-state index contributed by atoms with van der Waals surface area (Å²) < 4.78 is 0. The fourth-order valence-corrected chi connectivity index (χ4v) is 2.43. The van der Waals surface area contributed by atoms with Crippen LogP contribution in [0.3, 0.4) is 0 Å². The number of hydrogen-bond acceptors (Lipinski definition) is 4. The molecule has 0 unspecified atom stereocenters. The lowest BCUT2D eigenvalue weighted by Crippen LogP contribution is -2.25. The quantitative estimate of drug-likeness (QED) is 0.425. The van der Waals surface area contributed by atoms with E-state index in [-0.39, 0.29) is 29.5 Å². The third-order valence-corrected chi connectivity index (χ3v) is 3.97. The molecule has 1 aromatic carbocycles. The second-order valence-corrected chi connectivity index (χ2v) is 6.15. The number of phenols is 1. The van der Waals surface area contributed by atoms with Crippen LogP contribution >= 0.6 is 0 Å². The van der Waals surface area contributed by atoms with Crippen LogP contribution in [0.25, 0.3) is 0 Å². The molecule has 0 bridgehead atoms. The molecule has 26 heavy (non-hydrogen) atoms. The summed E-state index contributed by atoms with van der Waals surface area (Å²) in [6, 6.07) is 4.69. The number of carboxylic acid groups (broad SMARTS) is 1. The average molecular weight is 364 g/mol. The van der Waals surface area contributed by atoms with Crippen molar-refractivity contribution in [3.05, 3.63) is 29.3 Å². The lowest BCUT2D eigenvalue weighted by molar-refractivity contribution is -0.137. The Balaban J connectivity index is 2.35. The molecule has 0 radical (unpaired) electrons. The molecule has 0 saturated heterocycles. The first-order chi connectivity index (χ1) is 12.4. The Hall–Kier alpha value is -2.57. The van der Waals surface area contributed by atoms with E-state index in [4.69, 9.17) is 5.11 Å². The molecule has 0 atom stereocenters. The Kier molecular flexibility index (Phi) is 9.82. The molecular weight excluding hydrogens is 336 g/mol. The van der Waals surface area contributed by atoms with E-state index in [0.717, 1.165) is 31.2 Å². The van der Waals surface area contributed by atoms with Crippen LogP contribution in [0.4, 0.5) is 0 Å². The number of hydrogen-bond donors (Lipinski definition) is 4. The van der Waals surface area contributed by atoms with Crippen molar-refractivity contribution < 1.29 is 24.6 Å². The number of carbonyl (C=O) groups excluding carboxylic acids is 2. The van der Waals surface area contributed by atoms with Gasteiger partial charge in [-0.15, -0.1) is 0 Å². The van der Waals surface area contributed by atoms with Crippen LogP contribution in [-0.4, -0.2) is 34.5 Å². The van der Waals surface area contributed by atoms with Gasteiger partial charge in [0.25, 0.3) is 5.91 Å². The standard InChI is InChI=1S/C19H28N2O5/c1-2-17(23)21-13-14-9-10-16(22)15(12-14)19(26)20-11-7-5-3-4-6-8-18(24)25/h9-10,12,22H,2-8,11,13H2,1H3,(H,20,26)(H,21,23)(H,24,25). The minimum Gasteiger partial charge on any atom is -0.507 e. The second kappa shape index (κ2) is 11.9. The summed E-state index contributed by atoms with van der Waals surface area (Å²) in [4.78, 5) is 33.9. The summed E-state index contributed by atoms with van der Waals surface area (Å²) in [5.41, 5.74) is 0.933. The largest absolute Gasteiger partial charge is 0.507 e. The van der Waals surface area contributed by atoms with Gasteiger partial charge in [0.2, 0.25) is 5.91 Å². The first-order valence-electron chi connectivity index (χ1n) is 9.02.